The van der Waals surface area contributed by atoms with Crippen LogP contribution < -0.4 is 9.47 Å². The van der Waals surface area contributed by atoms with Crippen LogP contribution in [-0.4, -0.2) is 34.7 Å². The molecule has 0 fully saturated rings. The molecule has 0 saturated heterocycles. The molecule has 1 N–H and O–H groups in total. The van der Waals surface area contributed by atoms with Crippen LogP contribution in [0.1, 0.15) is 5.89 Å². The Bertz CT molecular complexity index is 639. The van der Waals surface area contributed by atoms with Crippen molar-refractivity contribution in [1.29, 1.82) is 0 Å². The van der Waals surface area contributed by atoms with E-state index in [1.807, 2.05) is 0 Å². The van der Waals surface area contributed by atoms with Crippen LogP contribution in [-0.2, 0) is 16.1 Å². The van der Waals surface area contributed by atoms with Crippen molar-refractivity contribution in [2.45, 2.75) is 6.61 Å². The lowest BCUT2D eigenvalue weighted by Crippen LogP contribution is -2.06. The molecule has 1 aliphatic heterocycles. The average molecular weight is 278 g/mol. The lowest BCUT2D eigenvalue weighted by atomic mass is 10.2. The summed E-state index contributed by atoms with van der Waals surface area (Å²) in [7, 11) is 0. The molecule has 20 heavy (non-hydrogen) atoms. The van der Waals surface area contributed by atoms with E-state index in [4.69, 9.17) is 23.7 Å². The summed E-state index contributed by atoms with van der Waals surface area (Å²) in [5, 5.41) is 16.1. The van der Waals surface area contributed by atoms with Crippen molar-refractivity contribution < 1.29 is 28.5 Å². The van der Waals surface area contributed by atoms with Gasteiger partial charge >= 0.3 is 5.97 Å². The fourth-order valence-electron chi connectivity index (χ4n) is 1.68. The topological polar surface area (TPSA) is 104 Å². The highest BCUT2D eigenvalue weighted by Gasteiger charge is 2.16. The van der Waals surface area contributed by atoms with Gasteiger partial charge in [-0.3, -0.25) is 0 Å². The molecule has 0 aliphatic carbocycles. The zero-order valence-electron chi connectivity index (χ0n) is 10.2. The van der Waals surface area contributed by atoms with E-state index >= 15 is 0 Å². The molecule has 0 unspecified atom stereocenters. The SMILES string of the molecule is O=C(O)COCc1nnc(-c2ccc3c(c2)OCO3)o1. The number of hydrogen-bond donors (Lipinski definition) is 1. The van der Waals surface area contributed by atoms with E-state index in [2.05, 4.69) is 10.2 Å². The normalized spacial score (nSPS) is 12.6. The number of carboxylic acid groups (broad SMARTS) is 1. The molecule has 1 aromatic heterocycles. The van der Waals surface area contributed by atoms with Crippen LogP contribution >= 0.6 is 0 Å². The van der Waals surface area contributed by atoms with E-state index in [0.29, 0.717) is 23.0 Å². The summed E-state index contributed by atoms with van der Waals surface area (Å²) in [5.74, 6) is 0.735. The maximum absolute atomic E-state index is 10.3. The van der Waals surface area contributed by atoms with Gasteiger partial charge in [0.15, 0.2) is 11.5 Å². The Morgan fingerprint density at radius 3 is 3.00 bits per heavy atom. The molecule has 0 amide bonds. The molecule has 0 spiro atoms. The first-order valence-corrected chi connectivity index (χ1v) is 5.74. The minimum Gasteiger partial charge on any atom is -0.480 e. The molecule has 1 aromatic carbocycles. The molecule has 3 rings (SSSR count). The fraction of sp³-hybridized carbons (Fsp3) is 0.250. The predicted octanol–water partition coefficient (Wildman–Crippen LogP) is 1.07. The highest BCUT2D eigenvalue weighted by molar-refractivity contribution is 5.68. The van der Waals surface area contributed by atoms with Crippen molar-refractivity contribution in [3.05, 3.63) is 24.1 Å². The molecule has 104 valence electrons. The maximum atomic E-state index is 10.3. The average Bonchev–Trinajstić information content (AvgIpc) is 3.05. The standard InChI is InChI=1S/C12H10N2O6/c15-11(16)5-17-4-10-13-14-12(20-10)7-1-2-8-9(3-7)19-6-18-8/h1-3H,4-6H2,(H,15,16). The third-order valence-corrected chi connectivity index (χ3v) is 2.54. The highest BCUT2D eigenvalue weighted by Crippen LogP contribution is 2.35. The molecule has 0 bridgehead atoms. The lowest BCUT2D eigenvalue weighted by molar-refractivity contribution is -0.142. The Kier molecular flexibility index (Phi) is 3.21. The van der Waals surface area contributed by atoms with Crippen LogP contribution in [0, 0.1) is 0 Å². The zero-order chi connectivity index (χ0) is 13.9. The van der Waals surface area contributed by atoms with Gasteiger partial charge < -0.3 is 23.7 Å². The van der Waals surface area contributed by atoms with E-state index in [1.54, 1.807) is 18.2 Å². The van der Waals surface area contributed by atoms with E-state index < -0.39 is 12.6 Å². The number of hydrogen-bond acceptors (Lipinski definition) is 7. The summed E-state index contributed by atoms with van der Waals surface area (Å²) in [6.07, 6.45) is 0. The quantitative estimate of drug-likeness (QED) is 0.865. The number of carboxylic acids is 1. The minimum absolute atomic E-state index is 0.0517. The van der Waals surface area contributed by atoms with Crippen LogP contribution in [0.25, 0.3) is 11.5 Å². The van der Waals surface area contributed by atoms with Gasteiger partial charge in [-0.05, 0) is 18.2 Å². The van der Waals surface area contributed by atoms with E-state index in [1.165, 1.54) is 0 Å². The second-order valence-electron chi connectivity index (χ2n) is 3.96. The van der Waals surface area contributed by atoms with Gasteiger partial charge in [-0.25, -0.2) is 4.79 Å². The van der Waals surface area contributed by atoms with Gasteiger partial charge in [-0.15, -0.1) is 10.2 Å². The largest absolute Gasteiger partial charge is 0.480 e. The first kappa shape index (κ1) is 12.4. The predicted molar refractivity (Wildman–Crippen MR) is 63.1 cm³/mol. The van der Waals surface area contributed by atoms with Gasteiger partial charge in [0.2, 0.25) is 18.6 Å². The van der Waals surface area contributed by atoms with Crippen LogP contribution in [0.2, 0.25) is 0 Å². The number of aromatic nitrogens is 2. The number of ether oxygens (including phenoxy) is 3. The molecule has 2 heterocycles. The first-order valence-electron chi connectivity index (χ1n) is 5.74. The van der Waals surface area contributed by atoms with Crippen molar-refractivity contribution >= 4 is 5.97 Å². The number of aliphatic carboxylic acids is 1. The number of benzene rings is 1. The fourth-order valence-corrected chi connectivity index (χ4v) is 1.68. The zero-order valence-corrected chi connectivity index (χ0v) is 10.2. The van der Waals surface area contributed by atoms with Crippen molar-refractivity contribution in [2.24, 2.45) is 0 Å². The van der Waals surface area contributed by atoms with Gasteiger partial charge in [0.05, 0.1) is 0 Å². The Balaban J connectivity index is 1.71. The Hall–Kier alpha value is -2.61. The van der Waals surface area contributed by atoms with Crippen molar-refractivity contribution in [3.8, 4) is 23.0 Å². The smallest absolute Gasteiger partial charge is 0.329 e. The number of carbonyl (C=O) groups is 1. The third kappa shape index (κ3) is 2.54. The molecule has 8 nitrogen and oxygen atoms in total. The minimum atomic E-state index is -1.06. The van der Waals surface area contributed by atoms with Crippen LogP contribution in [0.5, 0.6) is 11.5 Å². The molecule has 0 radical (unpaired) electrons. The van der Waals surface area contributed by atoms with E-state index in [-0.39, 0.29) is 19.3 Å². The van der Waals surface area contributed by atoms with Gasteiger partial charge in [0.1, 0.15) is 13.2 Å². The van der Waals surface area contributed by atoms with Crippen molar-refractivity contribution in [1.82, 2.24) is 10.2 Å². The Labute approximate surface area is 112 Å². The van der Waals surface area contributed by atoms with Gasteiger partial charge in [-0.1, -0.05) is 0 Å². The molecule has 0 saturated carbocycles. The summed E-state index contributed by atoms with van der Waals surface area (Å²) < 4.78 is 20.7. The van der Waals surface area contributed by atoms with Crippen LogP contribution in [0.15, 0.2) is 22.6 Å². The molecule has 2 aromatic rings. The molecule has 0 atom stereocenters. The number of fused-ring (bicyclic) bond motifs is 1. The number of nitrogens with zero attached hydrogens (tertiary/aromatic N) is 2. The molecular formula is C12H10N2O6. The highest BCUT2D eigenvalue weighted by atomic mass is 16.7. The Morgan fingerprint density at radius 1 is 1.30 bits per heavy atom. The lowest BCUT2D eigenvalue weighted by Gasteiger charge is -1.98. The number of rotatable bonds is 5. The summed E-state index contributed by atoms with van der Waals surface area (Å²) >= 11 is 0. The van der Waals surface area contributed by atoms with E-state index in [0.717, 1.165) is 0 Å². The summed E-state index contributed by atoms with van der Waals surface area (Å²) in [6.45, 7) is -0.275. The summed E-state index contributed by atoms with van der Waals surface area (Å²) in [5.41, 5.74) is 0.686. The monoisotopic (exact) mass is 278 g/mol. The van der Waals surface area contributed by atoms with Crippen molar-refractivity contribution in [2.75, 3.05) is 13.4 Å². The molecule has 1 aliphatic rings. The van der Waals surface area contributed by atoms with Crippen molar-refractivity contribution in [3.63, 3.8) is 0 Å². The van der Waals surface area contributed by atoms with Gasteiger partial charge in [-0.2, -0.15) is 0 Å². The van der Waals surface area contributed by atoms with Crippen LogP contribution in [0.3, 0.4) is 0 Å². The maximum Gasteiger partial charge on any atom is 0.329 e. The van der Waals surface area contributed by atoms with Crippen LogP contribution in [0.4, 0.5) is 0 Å². The van der Waals surface area contributed by atoms with Gasteiger partial charge in [0.25, 0.3) is 0 Å². The second-order valence-corrected chi connectivity index (χ2v) is 3.96. The van der Waals surface area contributed by atoms with E-state index in [9.17, 15) is 4.79 Å². The Morgan fingerprint density at radius 2 is 2.15 bits per heavy atom. The summed E-state index contributed by atoms with van der Waals surface area (Å²) in [4.78, 5) is 10.3. The third-order valence-electron chi connectivity index (χ3n) is 2.54. The summed E-state index contributed by atoms with van der Waals surface area (Å²) in [6, 6.07) is 5.25. The first-order chi connectivity index (χ1) is 9.72. The van der Waals surface area contributed by atoms with Gasteiger partial charge in [0, 0.05) is 5.56 Å². The second kappa shape index (κ2) is 5.17. The molecule has 8 heteroatoms. The molecular weight excluding hydrogens is 268 g/mol.